The standard InChI is InChI=1S/C24H25N3O3/c1-3-14(2)20-18-19(22(29)27(21(18)28)13-15-9-5-4-6-10-15)24(26-20)16-11-7-8-12-17(16)25-23(24)30/h4-12,14,18-20,26H,3,13H2,1-2H3,(H,25,30)/p+1/t14-,18+,19+,20-,24+/m1/s1. The molecule has 2 aromatic rings. The molecule has 5 rings (SSSR count). The minimum atomic E-state index is -1.08. The number of hydrogen-bond donors (Lipinski definition) is 2. The van der Waals surface area contributed by atoms with E-state index in [1.807, 2.05) is 59.9 Å². The van der Waals surface area contributed by atoms with Crippen LogP contribution in [0.1, 0.15) is 31.4 Å². The summed E-state index contributed by atoms with van der Waals surface area (Å²) < 4.78 is 0. The Hall–Kier alpha value is -2.99. The number of carbonyl (C=O) groups is 3. The molecule has 0 aromatic heterocycles. The lowest BCUT2D eigenvalue weighted by Gasteiger charge is -2.27. The molecule has 3 heterocycles. The lowest BCUT2D eigenvalue weighted by atomic mass is 9.75. The van der Waals surface area contributed by atoms with Crippen LogP contribution < -0.4 is 10.6 Å². The van der Waals surface area contributed by atoms with Gasteiger partial charge in [0.05, 0.1) is 12.2 Å². The number of likely N-dealkylation sites (tertiary alicyclic amines) is 1. The van der Waals surface area contributed by atoms with E-state index in [1.54, 1.807) is 0 Å². The molecule has 2 aromatic carbocycles. The van der Waals surface area contributed by atoms with Gasteiger partial charge in [0.2, 0.25) is 17.4 Å². The number of para-hydroxylation sites is 1. The molecule has 30 heavy (non-hydrogen) atoms. The highest BCUT2D eigenvalue weighted by atomic mass is 16.2. The largest absolute Gasteiger partial charge is 0.326 e. The van der Waals surface area contributed by atoms with Gasteiger partial charge in [-0.25, -0.2) is 0 Å². The molecule has 3 N–H and O–H groups in total. The number of rotatable bonds is 4. The van der Waals surface area contributed by atoms with Crippen LogP contribution in [0.3, 0.4) is 0 Å². The summed E-state index contributed by atoms with van der Waals surface area (Å²) in [6.07, 6.45) is 0.879. The van der Waals surface area contributed by atoms with E-state index in [1.165, 1.54) is 4.90 Å². The van der Waals surface area contributed by atoms with Gasteiger partial charge in [0.1, 0.15) is 17.9 Å². The second-order valence-corrected chi connectivity index (χ2v) is 8.75. The zero-order valence-corrected chi connectivity index (χ0v) is 17.2. The quantitative estimate of drug-likeness (QED) is 0.760. The third-order valence-corrected chi connectivity index (χ3v) is 7.28. The first-order chi connectivity index (χ1) is 14.5. The van der Waals surface area contributed by atoms with Crippen LogP contribution in [-0.2, 0) is 26.5 Å². The van der Waals surface area contributed by atoms with Crippen molar-refractivity contribution in [3.8, 4) is 0 Å². The van der Waals surface area contributed by atoms with Gasteiger partial charge in [-0.15, -0.1) is 0 Å². The number of nitrogens with zero attached hydrogens (tertiary/aromatic N) is 1. The van der Waals surface area contributed by atoms with Crippen molar-refractivity contribution < 1.29 is 19.7 Å². The zero-order chi connectivity index (χ0) is 21.0. The SMILES string of the molecule is CC[C@@H](C)[C@H]1[NH2+][C@]2(C(=O)Nc3ccccc32)[C@@H]2C(=O)N(Cc3ccccc3)C(=O)[C@H]12. The summed E-state index contributed by atoms with van der Waals surface area (Å²) in [6.45, 7) is 4.44. The van der Waals surface area contributed by atoms with E-state index in [0.29, 0.717) is 0 Å². The maximum Gasteiger partial charge on any atom is 0.291 e. The summed E-state index contributed by atoms with van der Waals surface area (Å²) in [5, 5.41) is 4.99. The number of imide groups is 1. The fourth-order valence-corrected chi connectivity index (χ4v) is 5.62. The topological polar surface area (TPSA) is 83.1 Å². The van der Waals surface area contributed by atoms with Crippen molar-refractivity contribution in [1.29, 1.82) is 0 Å². The number of nitrogens with two attached hydrogens (primary N) is 1. The molecule has 3 amide bonds. The smallest absolute Gasteiger partial charge is 0.291 e. The van der Waals surface area contributed by atoms with Gasteiger partial charge < -0.3 is 10.6 Å². The van der Waals surface area contributed by atoms with Gasteiger partial charge in [0.15, 0.2) is 0 Å². The molecule has 2 fully saturated rings. The molecule has 2 saturated heterocycles. The first-order valence-corrected chi connectivity index (χ1v) is 10.6. The molecular weight excluding hydrogens is 378 g/mol. The normalized spacial score (nSPS) is 30.5. The lowest BCUT2D eigenvalue weighted by molar-refractivity contribution is -0.738. The number of carbonyl (C=O) groups excluding carboxylic acids is 3. The van der Waals surface area contributed by atoms with Crippen molar-refractivity contribution in [3.05, 3.63) is 65.7 Å². The van der Waals surface area contributed by atoms with Crippen LogP contribution in [0.2, 0.25) is 0 Å². The Morgan fingerprint density at radius 3 is 2.47 bits per heavy atom. The molecule has 0 radical (unpaired) electrons. The Kier molecular flexibility index (Phi) is 4.29. The lowest BCUT2D eigenvalue weighted by Crippen LogP contribution is -2.99. The Morgan fingerprint density at radius 2 is 1.73 bits per heavy atom. The number of amides is 3. The van der Waals surface area contributed by atoms with Gasteiger partial charge in [0, 0.05) is 11.5 Å². The average molecular weight is 404 g/mol. The van der Waals surface area contributed by atoms with Gasteiger partial charge in [-0.1, -0.05) is 62.4 Å². The minimum Gasteiger partial charge on any atom is -0.326 e. The van der Waals surface area contributed by atoms with Crippen LogP contribution in [0, 0.1) is 17.8 Å². The predicted octanol–water partition coefficient (Wildman–Crippen LogP) is 1.63. The van der Waals surface area contributed by atoms with Crippen LogP contribution in [0.15, 0.2) is 54.6 Å². The zero-order valence-electron chi connectivity index (χ0n) is 17.2. The minimum absolute atomic E-state index is 0.117. The third kappa shape index (κ3) is 2.43. The highest BCUT2D eigenvalue weighted by molar-refractivity contribution is 6.13. The van der Waals surface area contributed by atoms with E-state index >= 15 is 0 Å². The fraction of sp³-hybridized carbons (Fsp3) is 0.375. The average Bonchev–Trinajstić information content (AvgIpc) is 3.35. The molecule has 5 atom stereocenters. The molecule has 1 spiro atoms. The predicted molar refractivity (Wildman–Crippen MR) is 111 cm³/mol. The van der Waals surface area contributed by atoms with E-state index < -0.39 is 17.4 Å². The van der Waals surface area contributed by atoms with Gasteiger partial charge >= 0.3 is 0 Å². The van der Waals surface area contributed by atoms with Crippen LogP contribution in [0.5, 0.6) is 0 Å². The van der Waals surface area contributed by atoms with Crippen molar-refractivity contribution in [2.75, 3.05) is 5.32 Å². The van der Waals surface area contributed by atoms with Crippen molar-refractivity contribution in [1.82, 2.24) is 4.90 Å². The molecule has 3 aliphatic heterocycles. The van der Waals surface area contributed by atoms with Gasteiger partial charge in [0.25, 0.3) is 5.91 Å². The number of nitrogens with one attached hydrogen (secondary N) is 1. The molecule has 0 aliphatic carbocycles. The molecule has 0 unspecified atom stereocenters. The maximum absolute atomic E-state index is 13.7. The number of fused-ring (bicyclic) bond motifs is 4. The maximum atomic E-state index is 13.7. The van der Waals surface area contributed by atoms with Gasteiger partial charge in [-0.3, -0.25) is 19.3 Å². The van der Waals surface area contributed by atoms with Crippen molar-refractivity contribution in [2.24, 2.45) is 17.8 Å². The Morgan fingerprint density at radius 1 is 1.03 bits per heavy atom. The summed E-state index contributed by atoms with van der Waals surface area (Å²) in [5.74, 6) is -1.55. The molecule has 0 saturated carbocycles. The first-order valence-electron chi connectivity index (χ1n) is 10.6. The second-order valence-electron chi connectivity index (χ2n) is 8.75. The van der Waals surface area contributed by atoms with Crippen molar-refractivity contribution >= 4 is 23.4 Å². The van der Waals surface area contributed by atoms with Crippen LogP contribution in [0.4, 0.5) is 5.69 Å². The van der Waals surface area contributed by atoms with E-state index in [9.17, 15) is 14.4 Å². The number of hydrogen-bond acceptors (Lipinski definition) is 3. The fourth-order valence-electron chi connectivity index (χ4n) is 5.62. The molecule has 3 aliphatic rings. The number of quaternary nitrogens is 1. The second kappa shape index (κ2) is 6.77. The highest BCUT2D eigenvalue weighted by Crippen LogP contribution is 2.50. The number of benzene rings is 2. The highest BCUT2D eigenvalue weighted by Gasteiger charge is 2.74. The van der Waals surface area contributed by atoms with Crippen molar-refractivity contribution in [3.63, 3.8) is 0 Å². The summed E-state index contributed by atoms with van der Waals surface area (Å²) >= 11 is 0. The van der Waals surface area contributed by atoms with Crippen molar-refractivity contribution in [2.45, 2.75) is 38.4 Å². The Bertz CT molecular complexity index is 1040. The summed E-state index contributed by atoms with van der Waals surface area (Å²) in [6, 6.07) is 17.0. The summed E-state index contributed by atoms with van der Waals surface area (Å²) in [7, 11) is 0. The Labute approximate surface area is 175 Å². The molecule has 0 bridgehead atoms. The molecule has 6 heteroatoms. The molecule has 6 nitrogen and oxygen atoms in total. The molecular formula is C24H26N3O3+. The monoisotopic (exact) mass is 404 g/mol. The van der Waals surface area contributed by atoms with Crippen LogP contribution >= 0.6 is 0 Å². The third-order valence-electron chi connectivity index (χ3n) is 7.28. The van der Waals surface area contributed by atoms with Crippen LogP contribution in [-0.4, -0.2) is 28.7 Å². The summed E-state index contributed by atoms with van der Waals surface area (Å²) in [4.78, 5) is 41.9. The van der Waals surface area contributed by atoms with Gasteiger partial charge in [-0.05, 0) is 18.1 Å². The Balaban J connectivity index is 1.62. The van der Waals surface area contributed by atoms with Gasteiger partial charge in [-0.2, -0.15) is 0 Å². The van der Waals surface area contributed by atoms with E-state index in [-0.39, 0.29) is 36.2 Å². The van der Waals surface area contributed by atoms with Crippen LogP contribution in [0.25, 0.3) is 0 Å². The van der Waals surface area contributed by atoms with E-state index in [2.05, 4.69) is 19.2 Å². The van der Waals surface area contributed by atoms with E-state index in [0.717, 1.165) is 23.2 Å². The first kappa shape index (κ1) is 19.0. The van der Waals surface area contributed by atoms with E-state index in [4.69, 9.17) is 0 Å². The summed E-state index contributed by atoms with van der Waals surface area (Å²) in [5.41, 5.74) is 1.39. The number of anilines is 1. The molecule has 154 valence electrons.